The van der Waals surface area contributed by atoms with Gasteiger partial charge in [-0.15, -0.1) is 0 Å². The number of rotatable bonds is 7. The highest BCUT2D eigenvalue weighted by Gasteiger charge is 2.22. The lowest BCUT2D eigenvalue weighted by molar-refractivity contribution is -0.140. The number of nitrogens with two attached hydrogens (primary N) is 1. The van der Waals surface area contributed by atoms with E-state index in [1.165, 1.54) is 12.1 Å². The van der Waals surface area contributed by atoms with Crippen molar-refractivity contribution in [3.63, 3.8) is 0 Å². The lowest BCUT2D eigenvalue weighted by Crippen LogP contribution is -2.43. The van der Waals surface area contributed by atoms with Gasteiger partial charge in [0.25, 0.3) is 5.91 Å². The van der Waals surface area contributed by atoms with E-state index in [4.69, 9.17) is 15.6 Å². The van der Waals surface area contributed by atoms with E-state index in [0.717, 1.165) is 0 Å². The molecule has 0 aliphatic rings. The van der Waals surface area contributed by atoms with Crippen LogP contribution in [-0.2, 0) is 9.59 Å². The fraction of sp³-hybridized carbons (Fsp3) is 0.308. The Morgan fingerprint density at radius 3 is 2.35 bits per heavy atom. The van der Waals surface area contributed by atoms with Gasteiger partial charge in [0.05, 0.1) is 13.0 Å². The minimum Gasteiger partial charge on any atom is -0.494 e. The molecular weight excluding hydrogens is 264 g/mol. The van der Waals surface area contributed by atoms with E-state index in [-0.39, 0.29) is 5.56 Å². The molecule has 2 amide bonds. The lowest BCUT2D eigenvalue weighted by Gasteiger charge is -2.13. The zero-order valence-electron chi connectivity index (χ0n) is 11.0. The summed E-state index contributed by atoms with van der Waals surface area (Å²) in [6.45, 7) is 2.34. The zero-order chi connectivity index (χ0) is 15.1. The van der Waals surface area contributed by atoms with E-state index in [2.05, 4.69) is 5.32 Å². The molecule has 1 aromatic rings. The SMILES string of the molecule is CCOc1ccc(C(=O)NC(CC(N)=O)C(=O)O)cc1. The van der Waals surface area contributed by atoms with Gasteiger partial charge in [-0.05, 0) is 31.2 Å². The number of nitrogens with one attached hydrogen (secondary N) is 1. The summed E-state index contributed by atoms with van der Waals surface area (Å²) in [5.74, 6) is -2.11. The van der Waals surface area contributed by atoms with Crippen LogP contribution in [0.4, 0.5) is 0 Å². The second kappa shape index (κ2) is 7.13. The molecule has 0 aliphatic carbocycles. The largest absolute Gasteiger partial charge is 0.494 e. The summed E-state index contributed by atoms with van der Waals surface area (Å²) in [7, 11) is 0. The number of carbonyl (C=O) groups excluding carboxylic acids is 2. The van der Waals surface area contributed by atoms with Crippen LogP contribution in [0.25, 0.3) is 0 Å². The first-order valence-electron chi connectivity index (χ1n) is 5.99. The number of carbonyl (C=O) groups is 3. The molecule has 7 heteroatoms. The van der Waals surface area contributed by atoms with E-state index in [1.54, 1.807) is 12.1 Å². The number of hydrogen-bond donors (Lipinski definition) is 3. The number of ether oxygens (including phenoxy) is 1. The highest BCUT2D eigenvalue weighted by atomic mass is 16.5. The molecule has 0 heterocycles. The molecule has 0 spiro atoms. The molecule has 1 rings (SSSR count). The van der Waals surface area contributed by atoms with Crippen molar-refractivity contribution in [3.05, 3.63) is 29.8 Å². The highest BCUT2D eigenvalue weighted by molar-refractivity contribution is 5.97. The molecule has 0 aliphatic heterocycles. The second-order valence-electron chi connectivity index (χ2n) is 3.99. The maximum atomic E-state index is 11.8. The molecule has 0 saturated heterocycles. The van der Waals surface area contributed by atoms with Crippen molar-refractivity contribution in [1.82, 2.24) is 5.32 Å². The van der Waals surface area contributed by atoms with Crippen molar-refractivity contribution < 1.29 is 24.2 Å². The normalized spacial score (nSPS) is 11.4. The first-order valence-corrected chi connectivity index (χ1v) is 5.99. The summed E-state index contributed by atoms with van der Waals surface area (Å²) >= 11 is 0. The molecular formula is C13H16N2O5. The van der Waals surface area contributed by atoms with Crippen LogP contribution in [-0.4, -0.2) is 35.5 Å². The summed E-state index contributed by atoms with van der Waals surface area (Å²) in [6.07, 6.45) is -0.460. The Morgan fingerprint density at radius 2 is 1.90 bits per heavy atom. The minimum absolute atomic E-state index is 0.268. The van der Waals surface area contributed by atoms with Gasteiger partial charge in [-0.2, -0.15) is 0 Å². The van der Waals surface area contributed by atoms with Gasteiger partial charge in [0.15, 0.2) is 0 Å². The third-order valence-electron chi connectivity index (χ3n) is 2.44. The average Bonchev–Trinajstić information content (AvgIpc) is 2.38. The number of aliphatic carboxylic acids is 1. The van der Waals surface area contributed by atoms with Gasteiger partial charge >= 0.3 is 5.97 Å². The van der Waals surface area contributed by atoms with Crippen LogP contribution in [0.15, 0.2) is 24.3 Å². The van der Waals surface area contributed by atoms with Crippen molar-refractivity contribution >= 4 is 17.8 Å². The van der Waals surface area contributed by atoms with Crippen molar-refractivity contribution in [2.75, 3.05) is 6.61 Å². The summed E-state index contributed by atoms with van der Waals surface area (Å²) in [6, 6.07) is 4.86. The molecule has 0 radical (unpaired) electrons. The standard InChI is InChI=1S/C13H16N2O5/c1-2-20-9-5-3-8(4-6-9)12(17)15-10(13(18)19)7-11(14)16/h3-6,10H,2,7H2,1H3,(H2,14,16)(H,15,17)(H,18,19). The van der Waals surface area contributed by atoms with Gasteiger partial charge in [0.2, 0.25) is 5.91 Å². The van der Waals surface area contributed by atoms with Crippen LogP contribution in [0.3, 0.4) is 0 Å². The van der Waals surface area contributed by atoms with Crippen LogP contribution in [0.5, 0.6) is 5.75 Å². The number of carboxylic acids is 1. The maximum absolute atomic E-state index is 11.8. The van der Waals surface area contributed by atoms with Crippen LogP contribution < -0.4 is 15.8 Å². The summed E-state index contributed by atoms with van der Waals surface area (Å²) < 4.78 is 5.23. The molecule has 0 fully saturated rings. The predicted molar refractivity (Wildman–Crippen MR) is 70.3 cm³/mol. The van der Waals surface area contributed by atoms with Crippen LogP contribution in [0, 0.1) is 0 Å². The average molecular weight is 280 g/mol. The molecule has 1 atom stereocenters. The Labute approximate surface area is 115 Å². The fourth-order valence-electron chi connectivity index (χ4n) is 1.51. The third-order valence-corrected chi connectivity index (χ3v) is 2.44. The van der Waals surface area contributed by atoms with Gasteiger partial charge in [0, 0.05) is 5.56 Å². The van der Waals surface area contributed by atoms with Gasteiger partial charge in [-0.3, -0.25) is 9.59 Å². The van der Waals surface area contributed by atoms with E-state index in [0.29, 0.717) is 12.4 Å². The Bertz CT molecular complexity index is 498. The molecule has 108 valence electrons. The molecule has 1 unspecified atom stereocenters. The van der Waals surface area contributed by atoms with Gasteiger partial charge in [-0.1, -0.05) is 0 Å². The quantitative estimate of drug-likeness (QED) is 0.656. The molecule has 1 aromatic carbocycles. The summed E-state index contributed by atoms with van der Waals surface area (Å²) in [5.41, 5.74) is 5.20. The van der Waals surface area contributed by atoms with E-state index < -0.39 is 30.2 Å². The zero-order valence-corrected chi connectivity index (χ0v) is 11.0. The number of carboxylic acid groups (broad SMARTS) is 1. The lowest BCUT2D eigenvalue weighted by atomic mass is 10.1. The second-order valence-corrected chi connectivity index (χ2v) is 3.99. The molecule has 0 aromatic heterocycles. The summed E-state index contributed by atoms with van der Waals surface area (Å²) in [4.78, 5) is 33.5. The van der Waals surface area contributed by atoms with Gasteiger partial charge in [0.1, 0.15) is 11.8 Å². The molecule has 20 heavy (non-hydrogen) atoms. The molecule has 0 bridgehead atoms. The number of benzene rings is 1. The van der Waals surface area contributed by atoms with Crippen LogP contribution in [0.1, 0.15) is 23.7 Å². The van der Waals surface area contributed by atoms with E-state index in [9.17, 15) is 14.4 Å². The predicted octanol–water partition coefficient (Wildman–Crippen LogP) is 0.144. The smallest absolute Gasteiger partial charge is 0.326 e. The van der Waals surface area contributed by atoms with Crippen molar-refractivity contribution in [2.45, 2.75) is 19.4 Å². The Morgan fingerprint density at radius 1 is 1.30 bits per heavy atom. The van der Waals surface area contributed by atoms with Gasteiger partial charge in [-0.25, -0.2) is 4.79 Å². The van der Waals surface area contributed by atoms with Crippen molar-refractivity contribution in [3.8, 4) is 5.75 Å². The Hall–Kier alpha value is -2.57. The topological polar surface area (TPSA) is 119 Å². The highest BCUT2D eigenvalue weighted by Crippen LogP contribution is 2.12. The molecule has 0 saturated carbocycles. The number of hydrogen-bond acceptors (Lipinski definition) is 4. The Kier molecular flexibility index (Phi) is 5.52. The monoisotopic (exact) mass is 280 g/mol. The van der Waals surface area contributed by atoms with Crippen LogP contribution >= 0.6 is 0 Å². The first-order chi connectivity index (χ1) is 9.43. The Balaban J connectivity index is 2.73. The van der Waals surface area contributed by atoms with Gasteiger partial charge < -0.3 is 20.9 Å². The van der Waals surface area contributed by atoms with E-state index in [1.807, 2.05) is 6.92 Å². The van der Waals surface area contributed by atoms with E-state index >= 15 is 0 Å². The van der Waals surface area contributed by atoms with Crippen molar-refractivity contribution in [1.29, 1.82) is 0 Å². The first kappa shape index (κ1) is 15.5. The number of primary amides is 1. The third kappa shape index (κ3) is 4.60. The van der Waals surface area contributed by atoms with Crippen LogP contribution in [0.2, 0.25) is 0 Å². The molecule has 4 N–H and O–H groups in total. The summed E-state index contributed by atoms with van der Waals surface area (Å²) in [5, 5.41) is 11.1. The van der Waals surface area contributed by atoms with Crippen molar-refractivity contribution in [2.24, 2.45) is 5.73 Å². The minimum atomic E-state index is -1.34. The fourth-order valence-corrected chi connectivity index (χ4v) is 1.51. The number of amides is 2. The molecule has 7 nitrogen and oxygen atoms in total. The maximum Gasteiger partial charge on any atom is 0.326 e.